The van der Waals surface area contributed by atoms with Crippen LogP contribution < -0.4 is 9.42 Å². The fourth-order valence-electron chi connectivity index (χ4n) is 2.40. The molecule has 22 heavy (non-hydrogen) atoms. The summed E-state index contributed by atoms with van der Waals surface area (Å²) in [6, 6.07) is 8.03. The van der Waals surface area contributed by atoms with Crippen LogP contribution in [0.5, 0.6) is 5.75 Å². The Morgan fingerprint density at radius 2 is 2.09 bits per heavy atom. The first-order valence-electron chi connectivity index (χ1n) is 7.24. The molecule has 2 aromatic rings. The van der Waals surface area contributed by atoms with Gasteiger partial charge in [-0.2, -0.15) is 5.10 Å². The van der Waals surface area contributed by atoms with E-state index in [4.69, 9.17) is 4.74 Å². The minimum absolute atomic E-state index is 0.607. The summed E-state index contributed by atoms with van der Waals surface area (Å²) in [6.45, 7) is 5.62. The Kier molecular flexibility index (Phi) is 4.29. The second kappa shape index (κ2) is 6.36. The van der Waals surface area contributed by atoms with Gasteiger partial charge in [-0.25, -0.2) is 0 Å². The number of fused-ring (bicyclic) bond motifs is 1. The first-order chi connectivity index (χ1) is 10.7. The van der Waals surface area contributed by atoms with Crippen molar-refractivity contribution in [3.63, 3.8) is 0 Å². The molecule has 6 heteroatoms. The Balaban J connectivity index is 1.96. The van der Waals surface area contributed by atoms with E-state index in [1.165, 1.54) is 0 Å². The Morgan fingerprint density at radius 1 is 1.32 bits per heavy atom. The van der Waals surface area contributed by atoms with E-state index >= 15 is 0 Å². The molecule has 114 valence electrons. The summed E-state index contributed by atoms with van der Waals surface area (Å²) in [7, 11) is 1.67. The fourth-order valence-corrected chi connectivity index (χ4v) is 3.33. The smallest absolute Gasteiger partial charge is 0.288 e. The Labute approximate surface area is 134 Å². The molecule has 1 aromatic carbocycles. The molecule has 0 saturated carbocycles. The predicted molar refractivity (Wildman–Crippen MR) is 89.8 cm³/mol. The summed E-state index contributed by atoms with van der Waals surface area (Å²) in [6.07, 6.45) is 1.86. The Bertz CT molecular complexity index is 731. The maximum Gasteiger partial charge on any atom is 0.288 e. The van der Waals surface area contributed by atoms with Crippen molar-refractivity contribution in [2.75, 3.05) is 13.7 Å². The summed E-state index contributed by atoms with van der Waals surface area (Å²) >= 11 is 1.66. The molecule has 0 amide bonds. The van der Waals surface area contributed by atoms with Gasteiger partial charge in [0.2, 0.25) is 0 Å². The largest absolute Gasteiger partial charge is 0.497 e. The number of methoxy groups -OCH3 is 1. The Hall–Kier alpha value is -2.08. The number of thioether (sulfide) groups is 1. The van der Waals surface area contributed by atoms with Crippen LogP contribution in [0.4, 0.5) is 5.69 Å². The first kappa shape index (κ1) is 14.8. The molecule has 1 aliphatic rings. The average Bonchev–Trinajstić information content (AvgIpc) is 2.72. The van der Waals surface area contributed by atoms with E-state index in [9.17, 15) is 0 Å². The van der Waals surface area contributed by atoms with Gasteiger partial charge >= 0.3 is 0 Å². The minimum Gasteiger partial charge on any atom is -0.497 e. The number of hydrogen-bond donors (Lipinski definition) is 1. The molecule has 2 heterocycles. The number of rotatable bonds is 3. The normalized spacial score (nSPS) is 13.5. The van der Waals surface area contributed by atoms with Crippen molar-refractivity contribution in [3.8, 4) is 5.75 Å². The van der Waals surface area contributed by atoms with Crippen molar-refractivity contribution in [1.82, 2.24) is 5.10 Å². The van der Waals surface area contributed by atoms with Gasteiger partial charge in [0.25, 0.3) is 5.69 Å². The lowest BCUT2D eigenvalue weighted by Gasteiger charge is -2.04. The molecule has 0 spiro atoms. The molecule has 0 unspecified atom stereocenters. The molecule has 0 saturated heterocycles. The van der Waals surface area contributed by atoms with E-state index in [2.05, 4.69) is 26.7 Å². The highest BCUT2D eigenvalue weighted by Crippen LogP contribution is 2.30. The lowest BCUT2D eigenvalue weighted by molar-refractivity contribution is -0.747. The topological polar surface area (TPSA) is 53.6 Å². The average molecular weight is 315 g/mol. The van der Waals surface area contributed by atoms with Gasteiger partial charge in [-0.1, -0.05) is 11.8 Å². The molecule has 5 nitrogen and oxygen atoms in total. The molecule has 0 atom stereocenters. The first-order valence-corrected chi connectivity index (χ1v) is 8.06. The van der Waals surface area contributed by atoms with Crippen molar-refractivity contribution >= 4 is 28.7 Å². The van der Waals surface area contributed by atoms with Crippen molar-refractivity contribution in [3.05, 3.63) is 35.7 Å². The highest BCUT2D eigenvalue weighted by atomic mass is 32.2. The molecule has 1 aromatic heterocycles. The zero-order valence-corrected chi connectivity index (χ0v) is 13.8. The maximum atomic E-state index is 5.21. The van der Waals surface area contributed by atoms with Gasteiger partial charge in [-0.05, 0) is 38.1 Å². The number of aromatic amines is 1. The van der Waals surface area contributed by atoms with Crippen LogP contribution in [0.3, 0.4) is 0 Å². The van der Waals surface area contributed by atoms with Crippen LogP contribution in [0.1, 0.15) is 18.3 Å². The van der Waals surface area contributed by atoms with Crippen LogP contribution in [0, 0.1) is 6.92 Å². The number of nitrogens with one attached hydrogen (secondary N) is 1. The molecule has 0 aliphatic carbocycles. The number of benzene rings is 1. The monoisotopic (exact) mass is 315 g/mol. The van der Waals surface area contributed by atoms with E-state index < -0.39 is 0 Å². The van der Waals surface area contributed by atoms with Crippen LogP contribution in [-0.2, 0) is 6.54 Å². The third kappa shape index (κ3) is 2.78. The number of aromatic nitrogens is 2. The van der Waals surface area contributed by atoms with Crippen LogP contribution >= 0.6 is 11.8 Å². The number of H-pyrrole nitrogens is 1. The summed E-state index contributed by atoms with van der Waals surface area (Å²) in [5.74, 6) is 0.859. The SMILES string of the molecule is CC[n+]1[nH]c(C)c2c1C(Sc1ccc(OC)cc1)=NCC=N2. The van der Waals surface area contributed by atoms with Gasteiger partial charge in [-0.15, -0.1) is 4.68 Å². The molecular formula is C16H19N4OS+. The highest BCUT2D eigenvalue weighted by molar-refractivity contribution is 8.14. The number of aryl methyl sites for hydroxylation is 2. The lowest BCUT2D eigenvalue weighted by Crippen LogP contribution is -2.39. The quantitative estimate of drug-likeness (QED) is 0.886. The zero-order chi connectivity index (χ0) is 15.5. The number of aliphatic imine (C=N–C) groups is 2. The summed E-state index contributed by atoms with van der Waals surface area (Å²) in [4.78, 5) is 10.4. The molecule has 0 fully saturated rings. The van der Waals surface area contributed by atoms with Crippen LogP contribution in [-0.4, -0.2) is 30.0 Å². The van der Waals surface area contributed by atoms with Crippen LogP contribution in [0.15, 0.2) is 39.1 Å². The van der Waals surface area contributed by atoms with E-state index in [-0.39, 0.29) is 0 Å². The summed E-state index contributed by atoms with van der Waals surface area (Å²) in [5.41, 5.74) is 3.12. The second-order valence-electron chi connectivity index (χ2n) is 4.91. The number of ether oxygens (including phenoxy) is 1. The third-order valence-corrected chi connectivity index (χ3v) is 4.51. The summed E-state index contributed by atoms with van der Waals surface area (Å²) < 4.78 is 7.31. The standard InChI is InChI=1S/C16H18N4OS/c1-4-20-15-14(11(2)19-20)17-9-10-18-16(15)22-13-7-5-12(21-3)6-8-13/h5-9H,4,10H2,1-3H3/p+1. The minimum atomic E-state index is 0.607. The Morgan fingerprint density at radius 3 is 2.77 bits per heavy atom. The van der Waals surface area contributed by atoms with Crippen molar-refractivity contribution in [2.45, 2.75) is 25.3 Å². The molecular weight excluding hydrogens is 296 g/mol. The summed E-state index contributed by atoms with van der Waals surface area (Å²) in [5, 5.41) is 4.35. The van der Waals surface area contributed by atoms with E-state index in [0.29, 0.717) is 6.54 Å². The van der Waals surface area contributed by atoms with E-state index in [1.807, 2.05) is 37.4 Å². The highest BCUT2D eigenvalue weighted by Gasteiger charge is 2.28. The van der Waals surface area contributed by atoms with Crippen LogP contribution in [0.2, 0.25) is 0 Å². The molecule has 0 bridgehead atoms. The lowest BCUT2D eigenvalue weighted by atomic mass is 10.3. The van der Waals surface area contributed by atoms with Crippen molar-refractivity contribution in [2.24, 2.45) is 9.98 Å². The molecule has 1 N–H and O–H groups in total. The number of hydrogen-bond acceptors (Lipinski definition) is 4. The van der Waals surface area contributed by atoms with Gasteiger partial charge < -0.3 is 4.74 Å². The van der Waals surface area contributed by atoms with Gasteiger partial charge in [0, 0.05) is 11.1 Å². The van der Waals surface area contributed by atoms with Crippen molar-refractivity contribution in [1.29, 1.82) is 0 Å². The van der Waals surface area contributed by atoms with Gasteiger partial charge in [-0.3, -0.25) is 9.98 Å². The molecule has 1 aliphatic heterocycles. The van der Waals surface area contributed by atoms with Crippen molar-refractivity contribution < 1.29 is 9.42 Å². The van der Waals surface area contributed by atoms with E-state index in [0.717, 1.165) is 39.3 Å². The zero-order valence-electron chi connectivity index (χ0n) is 13.0. The number of nitrogens with zero attached hydrogens (tertiary/aromatic N) is 3. The van der Waals surface area contributed by atoms with Gasteiger partial charge in [0.1, 0.15) is 11.4 Å². The van der Waals surface area contributed by atoms with Crippen LogP contribution in [0.25, 0.3) is 0 Å². The van der Waals surface area contributed by atoms with Gasteiger partial charge in [0.15, 0.2) is 17.3 Å². The fraction of sp³-hybridized carbons (Fsp3) is 0.312. The predicted octanol–water partition coefficient (Wildman–Crippen LogP) is 2.89. The van der Waals surface area contributed by atoms with Gasteiger partial charge in [0.05, 0.1) is 13.7 Å². The van der Waals surface area contributed by atoms with E-state index in [1.54, 1.807) is 18.9 Å². The second-order valence-corrected chi connectivity index (χ2v) is 5.98. The molecule has 3 rings (SSSR count). The maximum absolute atomic E-state index is 5.21. The molecule has 0 radical (unpaired) electrons. The third-order valence-electron chi connectivity index (χ3n) is 3.48.